The molecule has 2 rings (SSSR count). The van der Waals surface area contributed by atoms with Gasteiger partial charge in [0.2, 0.25) is 0 Å². The van der Waals surface area contributed by atoms with Crippen molar-refractivity contribution in [2.24, 2.45) is 0 Å². The Morgan fingerprint density at radius 1 is 1.37 bits per heavy atom. The number of nitrogens with one attached hydrogen (secondary N) is 1. The molecule has 1 amide bonds. The van der Waals surface area contributed by atoms with Crippen LogP contribution in [0.4, 0.5) is 0 Å². The van der Waals surface area contributed by atoms with Crippen LogP contribution >= 0.6 is 22.9 Å². The Morgan fingerprint density at radius 3 is 2.74 bits per heavy atom. The number of rotatable bonds is 3. The van der Waals surface area contributed by atoms with E-state index in [1.54, 1.807) is 18.3 Å². The first-order valence-electron chi connectivity index (χ1n) is 5.80. The number of thiazole rings is 1. The number of hydrogen-bond donors (Lipinski definition) is 1. The normalized spacial score (nSPS) is 10.5. The first-order chi connectivity index (χ1) is 8.99. The van der Waals surface area contributed by atoms with Gasteiger partial charge in [-0.2, -0.15) is 0 Å². The predicted molar refractivity (Wildman–Crippen MR) is 76.7 cm³/mol. The van der Waals surface area contributed by atoms with Crippen LogP contribution in [0.3, 0.4) is 0 Å². The van der Waals surface area contributed by atoms with E-state index in [2.05, 4.69) is 15.3 Å². The van der Waals surface area contributed by atoms with Gasteiger partial charge in [0.15, 0.2) is 0 Å². The third kappa shape index (κ3) is 3.11. The van der Waals surface area contributed by atoms with Crippen molar-refractivity contribution in [2.45, 2.75) is 27.3 Å². The molecular formula is C13H14ClN3OS. The number of aromatic nitrogens is 2. The van der Waals surface area contributed by atoms with Crippen LogP contribution in [0.2, 0.25) is 5.02 Å². The fourth-order valence-corrected chi connectivity index (χ4v) is 2.76. The molecule has 2 heterocycles. The molecule has 0 saturated carbocycles. The molecule has 19 heavy (non-hydrogen) atoms. The molecular weight excluding hydrogens is 282 g/mol. The van der Waals surface area contributed by atoms with Gasteiger partial charge in [-0.25, -0.2) is 4.98 Å². The number of carbonyl (C=O) groups is 1. The van der Waals surface area contributed by atoms with Gasteiger partial charge in [0.25, 0.3) is 5.91 Å². The number of hydrogen-bond acceptors (Lipinski definition) is 4. The van der Waals surface area contributed by atoms with Gasteiger partial charge < -0.3 is 5.32 Å². The second-order valence-electron chi connectivity index (χ2n) is 4.22. The highest BCUT2D eigenvalue weighted by Crippen LogP contribution is 2.19. The minimum absolute atomic E-state index is 0.169. The Morgan fingerprint density at radius 2 is 2.11 bits per heavy atom. The van der Waals surface area contributed by atoms with Crippen molar-refractivity contribution < 1.29 is 4.79 Å². The molecule has 0 aliphatic carbocycles. The summed E-state index contributed by atoms with van der Waals surface area (Å²) in [6.45, 7) is 6.17. The molecule has 2 aromatic heterocycles. The van der Waals surface area contributed by atoms with Crippen molar-refractivity contribution in [2.75, 3.05) is 0 Å². The Kier molecular flexibility index (Phi) is 4.17. The number of nitrogens with zero attached hydrogens (tertiary/aromatic N) is 2. The van der Waals surface area contributed by atoms with E-state index in [1.165, 1.54) is 12.4 Å². The van der Waals surface area contributed by atoms with Gasteiger partial charge >= 0.3 is 0 Å². The monoisotopic (exact) mass is 295 g/mol. The van der Waals surface area contributed by atoms with Crippen LogP contribution in [0.5, 0.6) is 0 Å². The van der Waals surface area contributed by atoms with Gasteiger partial charge in [-0.1, -0.05) is 11.6 Å². The summed E-state index contributed by atoms with van der Waals surface area (Å²) in [5, 5.41) is 4.37. The first kappa shape index (κ1) is 14.0. The summed E-state index contributed by atoms with van der Waals surface area (Å²) < 4.78 is 0. The van der Waals surface area contributed by atoms with E-state index in [4.69, 9.17) is 11.6 Å². The minimum Gasteiger partial charge on any atom is -0.347 e. The van der Waals surface area contributed by atoms with E-state index < -0.39 is 0 Å². The summed E-state index contributed by atoms with van der Waals surface area (Å²) in [5.41, 5.74) is 2.21. The summed E-state index contributed by atoms with van der Waals surface area (Å²) in [6, 6.07) is 0. The zero-order valence-corrected chi connectivity index (χ0v) is 12.5. The van der Waals surface area contributed by atoms with Gasteiger partial charge in [-0.15, -0.1) is 11.3 Å². The van der Waals surface area contributed by atoms with E-state index >= 15 is 0 Å². The van der Waals surface area contributed by atoms with Crippen molar-refractivity contribution >= 4 is 28.8 Å². The summed E-state index contributed by atoms with van der Waals surface area (Å²) in [4.78, 5) is 21.4. The van der Waals surface area contributed by atoms with Crippen molar-refractivity contribution in [3.63, 3.8) is 0 Å². The molecule has 0 bridgehead atoms. The lowest BCUT2D eigenvalue weighted by Gasteiger charge is -2.07. The van der Waals surface area contributed by atoms with Crippen molar-refractivity contribution in [3.8, 4) is 0 Å². The molecule has 6 heteroatoms. The highest BCUT2D eigenvalue weighted by atomic mass is 35.5. The second kappa shape index (κ2) is 5.67. The third-order valence-corrected chi connectivity index (χ3v) is 4.26. The van der Waals surface area contributed by atoms with Crippen molar-refractivity contribution in [3.05, 3.63) is 44.1 Å². The van der Waals surface area contributed by atoms with Crippen molar-refractivity contribution in [1.29, 1.82) is 0 Å². The molecule has 100 valence electrons. The molecule has 0 spiro atoms. The number of carbonyl (C=O) groups excluding carboxylic acids is 1. The minimum atomic E-state index is -0.169. The van der Waals surface area contributed by atoms with E-state index in [9.17, 15) is 4.79 Å². The fraction of sp³-hybridized carbons (Fsp3) is 0.308. The van der Waals surface area contributed by atoms with Gasteiger partial charge in [0.05, 0.1) is 27.8 Å². The average molecular weight is 296 g/mol. The van der Waals surface area contributed by atoms with Crippen LogP contribution in [-0.4, -0.2) is 15.9 Å². The predicted octanol–water partition coefficient (Wildman–Crippen LogP) is 3.05. The molecule has 0 radical (unpaired) electrons. The van der Waals surface area contributed by atoms with Crippen LogP contribution in [0.1, 0.15) is 31.5 Å². The standard InChI is InChI=1S/C13H14ClN3OS/c1-7-10(4-15-5-11(7)14)13(18)16-6-12-8(2)17-9(3)19-12/h4-5H,6H2,1-3H3,(H,16,18). The van der Waals surface area contributed by atoms with Gasteiger partial charge in [0, 0.05) is 17.3 Å². The van der Waals surface area contributed by atoms with E-state index in [-0.39, 0.29) is 5.91 Å². The number of pyridine rings is 1. The third-order valence-electron chi connectivity index (χ3n) is 2.81. The lowest BCUT2D eigenvalue weighted by atomic mass is 10.1. The van der Waals surface area contributed by atoms with Crippen LogP contribution in [-0.2, 0) is 6.54 Å². The Balaban J connectivity index is 2.10. The number of halogens is 1. The summed E-state index contributed by atoms with van der Waals surface area (Å²) in [7, 11) is 0. The SMILES string of the molecule is Cc1nc(C)c(CNC(=O)c2cncc(Cl)c2C)s1. The number of amides is 1. The topological polar surface area (TPSA) is 54.9 Å². The lowest BCUT2D eigenvalue weighted by Crippen LogP contribution is -2.23. The zero-order valence-electron chi connectivity index (χ0n) is 11.0. The first-order valence-corrected chi connectivity index (χ1v) is 6.99. The van der Waals surface area contributed by atoms with Gasteiger partial charge in [-0.05, 0) is 26.3 Å². The molecule has 2 aromatic rings. The Labute approximate surface area is 120 Å². The van der Waals surface area contributed by atoms with Crippen molar-refractivity contribution in [1.82, 2.24) is 15.3 Å². The smallest absolute Gasteiger partial charge is 0.253 e. The summed E-state index contributed by atoms with van der Waals surface area (Å²) >= 11 is 7.54. The molecule has 0 aliphatic rings. The van der Waals surface area contributed by atoms with Gasteiger partial charge in [-0.3, -0.25) is 9.78 Å². The largest absolute Gasteiger partial charge is 0.347 e. The molecule has 0 unspecified atom stereocenters. The molecule has 0 aromatic carbocycles. The zero-order chi connectivity index (χ0) is 14.0. The van der Waals surface area contributed by atoms with Gasteiger partial charge in [0.1, 0.15) is 0 Å². The Bertz CT molecular complexity index is 624. The lowest BCUT2D eigenvalue weighted by molar-refractivity contribution is 0.0950. The van der Waals surface area contributed by atoms with Crippen LogP contribution in [0.25, 0.3) is 0 Å². The molecule has 4 nitrogen and oxygen atoms in total. The maximum Gasteiger partial charge on any atom is 0.253 e. The molecule has 1 N–H and O–H groups in total. The number of aryl methyl sites for hydroxylation is 2. The maximum atomic E-state index is 12.1. The summed E-state index contributed by atoms with van der Waals surface area (Å²) in [5.74, 6) is -0.169. The van der Waals surface area contributed by atoms with E-state index in [0.29, 0.717) is 17.1 Å². The molecule has 0 fully saturated rings. The van der Waals surface area contributed by atoms with E-state index in [0.717, 1.165) is 21.1 Å². The van der Waals surface area contributed by atoms with Crippen LogP contribution in [0.15, 0.2) is 12.4 Å². The fourth-order valence-electron chi connectivity index (χ4n) is 1.72. The molecule has 0 atom stereocenters. The quantitative estimate of drug-likeness (QED) is 0.947. The maximum absolute atomic E-state index is 12.1. The van der Waals surface area contributed by atoms with Crippen LogP contribution < -0.4 is 5.32 Å². The van der Waals surface area contributed by atoms with E-state index in [1.807, 2.05) is 13.8 Å². The summed E-state index contributed by atoms with van der Waals surface area (Å²) in [6.07, 6.45) is 3.06. The Hall–Kier alpha value is -1.46. The molecule has 0 aliphatic heterocycles. The van der Waals surface area contributed by atoms with Crippen LogP contribution in [0, 0.1) is 20.8 Å². The second-order valence-corrected chi connectivity index (χ2v) is 5.91. The molecule has 0 saturated heterocycles. The highest BCUT2D eigenvalue weighted by Gasteiger charge is 2.12. The average Bonchev–Trinajstić information content (AvgIpc) is 2.68. The highest BCUT2D eigenvalue weighted by molar-refractivity contribution is 7.11.